The van der Waals surface area contributed by atoms with Crippen LogP contribution in [0.15, 0.2) is 42.6 Å². The van der Waals surface area contributed by atoms with E-state index in [-0.39, 0.29) is 12.0 Å². The number of carbonyl (C=O) groups is 1. The van der Waals surface area contributed by atoms with Gasteiger partial charge in [0.25, 0.3) is 5.91 Å². The second kappa shape index (κ2) is 5.86. The molecule has 0 saturated carbocycles. The maximum atomic E-state index is 12.4. The molecule has 2 aromatic rings. The van der Waals surface area contributed by atoms with Crippen molar-refractivity contribution in [2.24, 2.45) is 0 Å². The predicted molar refractivity (Wildman–Crippen MR) is 80.5 cm³/mol. The fourth-order valence-electron chi connectivity index (χ4n) is 2.39. The fraction of sp³-hybridized carbons (Fsp3) is 0.235. The van der Waals surface area contributed by atoms with Gasteiger partial charge >= 0.3 is 0 Å². The molecule has 1 aromatic carbocycles. The Balaban J connectivity index is 1.62. The first-order chi connectivity index (χ1) is 10.7. The molecule has 0 bridgehead atoms. The molecule has 1 saturated heterocycles. The highest BCUT2D eigenvalue weighted by Crippen LogP contribution is 2.21. The van der Waals surface area contributed by atoms with Gasteiger partial charge in [-0.25, -0.2) is 4.98 Å². The van der Waals surface area contributed by atoms with Gasteiger partial charge in [0.1, 0.15) is 17.7 Å². The average Bonchev–Trinajstić information content (AvgIpc) is 2.50. The molecule has 0 N–H and O–H groups in total. The van der Waals surface area contributed by atoms with Crippen molar-refractivity contribution in [3.05, 3.63) is 59.3 Å². The minimum absolute atomic E-state index is 0.0134. The largest absolute Gasteiger partial charge is 0.470 e. The molecule has 5 heteroatoms. The van der Waals surface area contributed by atoms with Gasteiger partial charge in [0.2, 0.25) is 5.88 Å². The van der Waals surface area contributed by atoms with Crippen molar-refractivity contribution in [1.29, 1.82) is 5.26 Å². The minimum Gasteiger partial charge on any atom is -0.470 e. The van der Waals surface area contributed by atoms with Gasteiger partial charge in [0, 0.05) is 11.8 Å². The third-order valence-corrected chi connectivity index (χ3v) is 3.68. The summed E-state index contributed by atoms with van der Waals surface area (Å²) in [5.74, 6) is 0.345. The van der Waals surface area contributed by atoms with Gasteiger partial charge in [0.15, 0.2) is 0 Å². The molecule has 2 heterocycles. The summed E-state index contributed by atoms with van der Waals surface area (Å²) >= 11 is 0. The van der Waals surface area contributed by atoms with Crippen molar-refractivity contribution in [3.63, 3.8) is 0 Å². The molecule has 1 amide bonds. The molecule has 1 aliphatic rings. The summed E-state index contributed by atoms with van der Waals surface area (Å²) in [6.07, 6.45) is 1.47. The Morgan fingerprint density at radius 1 is 1.32 bits per heavy atom. The molecule has 0 atom stereocenters. The van der Waals surface area contributed by atoms with Crippen LogP contribution in [0.1, 0.15) is 21.5 Å². The third kappa shape index (κ3) is 2.63. The maximum Gasteiger partial charge on any atom is 0.254 e. The molecule has 3 rings (SSSR count). The molecular formula is C17H15N3O2. The Kier molecular flexibility index (Phi) is 3.75. The molecule has 0 spiro atoms. The topological polar surface area (TPSA) is 66.2 Å². The van der Waals surface area contributed by atoms with E-state index < -0.39 is 0 Å². The van der Waals surface area contributed by atoms with Gasteiger partial charge in [-0.05, 0) is 30.7 Å². The number of rotatable bonds is 3. The van der Waals surface area contributed by atoms with Crippen molar-refractivity contribution in [2.45, 2.75) is 13.0 Å². The summed E-state index contributed by atoms with van der Waals surface area (Å²) in [6.45, 7) is 2.94. The van der Waals surface area contributed by atoms with E-state index in [2.05, 4.69) is 4.98 Å². The highest BCUT2D eigenvalue weighted by atomic mass is 16.5. The number of nitriles is 1. The monoisotopic (exact) mass is 293 g/mol. The van der Waals surface area contributed by atoms with Crippen LogP contribution >= 0.6 is 0 Å². The molecular weight excluding hydrogens is 278 g/mol. The van der Waals surface area contributed by atoms with E-state index >= 15 is 0 Å². The van der Waals surface area contributed by atoms with Crippen LogP contribution in [0.2, 0.25) is 0 Å². The van der Waals surface area contributed by atoms with E-state index in [9.17, 15) is 4.79 Å². The van der Waals surface area contributed by atoms with Gasteiger partial charge in [-0.3, -0.25) is 4.79 Å². The lowest BCUT2D eigenvalue weighted by molar-refractivity contribution is 0.0158. The van der Waals surface area contributed by atoms with Crippen molar-refractivity contribution in [3.8, 4) is 11.9 Å². The lowest BCUT2D eigenvalue weighted by Gasteiger charge is -2.39. The summed E-state index contributed by atoms with van der Waals surface area (Å²) in [6, 6.07) is 12.9. The van der Waals surface area contributed by atoms with Crippen LogP contribution in [0.4, 0.5) is 0 Å². The van der Waals surface area contributed by atoms with Gasteiger partial charge in [-0.15, -0.1) is 0 Å². The zero-order valence-electron chi connectivity index (χ0n) is 12.2. The van der Waals surface area contributed by atoms with Crippen LogP contribution in [-0.4, -0.2) is 35.0 Å². The second-order valence-electron chi connectivity index (χ2n) is 5.23. The standard InChI is InChI=1S/C17H15N3O2/c1-12-5-2-3-7-15(12)17(21)20-10-14(11-20)22-16-13(9-18)6-4-8-19-16/h2-8,14H,10-11H2,1H3. The van der Waals surface area contributed by atoms with Crippen molar-refractivity contribution >= 4 is 5.91 Å². The van der Waals surface area contributed by atoms with Crippen LogP contribution in [0, 0.1) is 18.3 Å². The lowest BCUT2D eigenvalue weighted by Crippen LogP contribution is -2.56. The first-order valence-electron chi connectivity index (χ1n) is 7.05. The molecule has 0 unspecified atom stereocenters. The Labute approximate surface area is 128 Å². The number of amides is 1. The van der Waals surface area contributed by atoms with Crippen LogP contribution < -0.4 is 4.74 Å². The van der Waals surface area contributed by atoms with Gasteiger partial charge < -0.3 is 9.64 Å². The average molecular weight is 293 g/mol. The third-order valence-electron chi connectivity index (χ3n) is 3.68. The SMILES string of the molecule is Cc1ccccc1C(=O)N1CC(Oc2ncccc2C#N)C1. The van der Waals surface area contributed by atoms with E-state index in [0.29, 0.717) is 24.5 Å². The molecule has 0 radical (unpaired) electrons. The number of hydrogen-bond donors (Lipinski definition) is 0. The second-order valence-corrected chi connectivity index (χ2v) is 5.23. The summed E-state index contributed by atoms with van der Waals surface area (Å²) in [7, 11) is 0. The van der Waals surface area contributed by atoms with E-state index in [0.717, 1.165) is 11.1 Å². The maximum absolute atomic E-state index is 12.4. The number of aromatic nitrogens is 1. The van der Waals surface area contributed by atoms with Gasteiger partial charge in [0.05, 0.1) is 13.1 Å². The van der Waals surface area contributed by atoms with E-state index in [1.54, 1.807) is 23.2 Å². The quantitative estimate of drug-likeness (QED) is 0.870. The van der Waals surface area contributed by atoms with Crippen molar-refractivity contribution in [2.75, 3.05) is 13.1 Å². The molecule has 22 heavy (non-hydrogen) atoms. The van der Waals surface area contributed by atoms with Crippen molar-refractivity contribution in [1.82, 2.24) is 9.88 Å². The Morgan fingerprint density at radius 3 is 2.82 bits per heavy atom. The highest BCUT2D eigenvalue weighted by molar-refractivity contribution is 5.96. The van der Waals surface area contributed by atoms with Crippen LogP contribution in [0.25, 0.3) is 0 Å². The number of pyridine rings is 1. The molecule has 1 aromatic heterocycles. The zero-order chi connectivity index (χ0) is 15.5. The first kappa shape index (κ1) is 14.1. The zero-order valence-corrected chi connectivity index (χ0v) is 12.2. The normalized spacial score (nSPS) is 14.1. The molecule has 1 fully saturated rings. The van der Waals surface area contributed by atoms with Crippen LogP contribution in [0.5, 0.6) is 5.88 Å². The summed E-state index contributed by atoms with van der Waals surface area (Å²) in [4.78, 5) is 18.2. The summed E-state index contributed by atoms with van der Waals surface area (Å²) in [5.41, 5.74) is 2.09. The fourth-order valence-corrected chi connectivity index (χ4v) is 2.39. The molecule has 1 aliphatic heterocycles. The Hall–Kier alpha value is -2.87. The summed E-state index contributed by atoms with van der Waals surface area (Å²) < 4.78 is 5.69. The van der Waals surface area contributed by atoms with E-state index in [4.69, 9.17) is 10.00 Å². The number of aryl methyl sites for hydroxylation is 1. The predicted octanol–water partition coefficient (Wildman–Crippen LogP) is 2.17. The highest BCUT2D eigenvalue weighted by Gasteiger charge is 2.33. The van der Waals surface area contributed by atoms with Gasteiger partial charge in [-0.1, -0.05) is 18.2 Å². The molecule has 110 valence electrons. The van der Waals surface area contributed by atoms with E-state index in [1.165, 1.54) is 0 Å². The number of ether oxygens (including phenoxy) is 1. The number of likely N-dealkylation sites (tertiary alicyclic amines) is 1. The molecule has 5 nitrogen and oxygen atoms in total. The number of carbonyl (C=O) groups excluding carboxylic acids is 1. The molecule has 0 aliphatic carbocycles. The Bertz CT molecular complexity index is 746. The first-order valence-corrected chi connectivity index (χ1v) is 7.05. The minimum atomic E-state index is -0.116. The summed E-state index contributed by atoms with van der Waals surface area (Å²) in [5, 5.41) is 9.01. The number of benzene rings is 1. The van der Waals surface area contributed by atoms with Crippen LogP contribution in [0.3, 0.4) is 0 Å². The number of nitrogens with zero attached hydrogens (tertiary/aromatic N) is 3. The smallest absolute Gasteiger partial charge is 0.254 e. The Morgan fingerprint density at radius 2 is 2.09 bits per heavy atom. The number of hydrogen-bond acceptors (Lipinski definition) is 4. The lowest BCUT2D eigenvalue weighted by atomic mass is 10.0. The van der Waals surface area contributed by atoms with Crippen LogP contribution in [-0.2, 0) is 0 Å². The van der Waals surface area contributed by atoms with E-state index in [1.807, 2.05) is 37.3 Å². The van der Waals surface area contributed by atoms with Crippen molar-refractivity contribution < 1.29 is 9.53 Å². The van der Waals surface area contributed by atoms with Gasteiger partial charge in [-0.2, -0.15) is 5.26 Å².